The maximum absolute atomic E-state index is 4.64. The van der Waals surface area contributed by atoms with Gasteiger partial charge in [-0.05, 0) is 33.4 Å². The van der Waals surface area contributed by atoms with Crippen LogP contribution in [0.5, 0.6) is 0 Å². The Balaban J connectivity index is 1.03. The Morgan fingerprint density at radius 2 is 0.452 bits per heavy atom. The summed E-state index contributed by atoms with van der Waals surface area (Å²) in [5.74, 6) is 1.36. The maximum Gasteiger partial charge on any atom is 0.159 e. The van der Waals surface area contributed by atoms with Crippen LogP contribution in [0.2, 0.25) is 0 Å². The van der Waals surface area contributed by atoms with E-state index in [1.807, 2.05) is 61.2 Å². The lowest BCUT2D eigenvalue weighted by molar-refractivity contribution is 1.17. The summed E-state index contributed by atoms with van der Waals surface area (Å²) in [7, 11) is 0. The zero-order chi connectivity index (χ0) is 28.1. The molecule has 0 atom stereocenters. The molecule has 42 heavy (non-hydrogen) atoms. The van der Waals surface area contributed by atoms with Gasteiger partial charge in [-0.2, -0.15) is 0 Å². The first kappa shape index (κ1) is 25.2. The van der Waals surface area contributed by atoms with Crippen molar-refractivity contribution in [2.75, 3.05) is 0 Å². The van der Waals surface area contributed by atoms with Gasteiger partial charge in [-0.3, -0.25) is 0 Å². The zero-order valence-corrected chi connectivity index (χ0v) is 22.8. The molecule has 0 radical (unpaired) electrons. The third-order valence-electron chi connectivity index (χ3n) is 7.36. The molecule has 0 N–H and O–H groups in total. The van der Waals surface area contributed by atoms with Crippen molar-refractivity contribution in [3.05, 3.63) is 158 Å². The summed E-state index contributed by atoms with van der Waals surface area (Å²) in [6, 6.07) is 45.8. The van der Waals surface area contributed by atoms with E-state index in [1.165, 1.54) is 22.3 Å². The largest absolute Gasteiger partial charge is 0.236 e. The Morgan fingerprint density at radius 1 is 0.214 bits per heavy atom. The SMILES string of the molecule is c1ccc(-c2ccc(-c3cnc(-c4ccc(-c5ncc(-c6ccc(-c7ccccc7)cc6)cn5)cc4)nc3)cc2)cc1. The lowest BCUT2D eigenvalue weighted by Crippen LogP contribution is -1.92. The first-order valence-electron chi connectivity index (χ1n) is 13.9. The predicted octanol–water partition coefficient (Wildman–Crippen LogP) is 9.27. The summed E-state index contributed by atoms with van der Waals surface area (Å²) in [6.45, 7) is 0. The van der Waals surface area contributed by atoms with E-state index in [2.05, 4.69) is 117 Å². The van der Waals surface area contributed by atoms with E-state index in [0.717, 1.165) is 33.4 Å². The molecule has 2 heterocycles. The lowest BCUT2D eigenvalue weighted by Gasteiger charge is -2.07. The van der Waals surface area contributed by atoms with E-state index in [4.69, 9.17) is 0 Å². The van der Waals surface area contributed by atoms with E-state index in [9.17, 15) is 0 Å². The minimum absolute atomic E-state index is 0.682. The summed E-state index contributed by atoms with van der Waals surface area (Å²) in [4.78, 5) is 18.5. The highest BCUT2D eigenvalue weighted by Gasteiger charge is 2.08. The standard InChI is InChI=1S/C38H26N4/c1-3-7-27(8-4-1)29-11-15-31(16-12-29)35-23-39-37(40-24-35)33-19-21-34(22-20-33)38-41-25-36(26-42-38)32-17-13-30(14-18-32)28-9-5-2-6-10-28/h1-26H. The highest BCUT2D eigenvalue weighted by Crippen LogP contribution is 2.27. The van der Waals surface area contributed by atoms with Gasteiger partial charge in [0.25, 0.3) is 0 Å². The van der Waals surface area contributed by atoms with Gasteiger partial charge >= 0.3 is 0 Å². The summed E-state index contributed by atoms with van der Waals surface area (Å²) < 4.78 is 0. The van der Waals surface area contributed by atoms with Gasteiger partial charge in [-0.15, -0.1) is 0 Å². The Bertz CT molecular complexity index is 1750. The molecule has 0 saturated heterocycles. The molecule has 0 spiro atoms. The number of rotatable bonds is 6. The number of nitrogens with zero attached hydrogens (tertiary/aromatic N) is 4. The summed E-state index contributed by atoms with van der Waals surface area (Å²) >= 11 is 0. The van der Waals surface area contributed by atoms with Crippen molar-refractivity contribution >= 4 is 0 Å². The van der Waals surface area contributed by atoms with Crippen LogP contribution in [0.15, 0.2) is 158 Å². The van der Waals surface area contributed by atoms with Crippen LogP contribution in [0.3, 0.4) is 0 Å². The van der Waals surface area contributed by atoms with Crippen LogP contribution < -0.4 is 0 Å². The van der Waals surface area contributed by atoms with Crippen LogP contribution in [0, 0.1) is 0 Å². The maximum atomic E-state index is 4.64. The van der Waals surface area contributed by atoms with Gasteiger partial charge in [-0.25, -0.2) is 19.9 Å². The Hall–Kier alpha value is -5.74. The van der Waals surface area contributed by atoms with Crippen LogP contribution in [-0.4, -0.2) is 19.9 Å². The molecule has 2 aromatic heterocycles. The molecule has 7 aromatic rings. The third-order valence-corrected chi connectivity index (χ3v) is 7.36. The molecular weight excluding hydrogens is 512 g/mol. The number of hydrogen-bond acceptors (Lipinski definition) is 4. The summed E-state index contributed by atoms with van der Waals surface area (Å²) in [6.07, 6.45) is 7.51. The highest BCUT2D eigenvalue weighted by atomic mass is 14.9. The van der Waals surface area contributed by atoms with Gasteiger partial charge in [0.2, 0.25) is 0 Å². The lowest BCUT2D eigenvalue weighted by atomic mass is 10.0. The van der Waals surface area contributed by atoms with Crippen molar-refractivity contribution in [3.8, 4) is 67.3 Å². The average molecular weight is 539 g/mol. The van der Waals surface area contributed by atoms with Gasteiger partial charge in [-0.1, -0.05) is 133 Å². The van der Waals surface area contributed by atoms with Crippen LogP contribution in [0.4, 0.5) is 0 Å². The first-order chi connectivity index (χ1) is 20.8. The number of aromatic nitrogens is 4. The molecule has 5 aromatic carbocycles. The fraction of sp³-hybridized carbons (Fsp3) is 0. The molecule has 0 bridgehead atoms. The van der Waals surface area contributed by atoms with E-state index in [0.29, 0.717) is 11.6 Å². The van der Waals surface area contributed by atoms with Crippen molar-refractivity contribution in [1.82, 2.24) is 19.9 Å². The minimum atomic E-state index is 0.682. The van der Waals surface area contributed by atoms with Crippen LogP contribution >= 0.6 is 0 Å². The quantitative estimate of drug-likeness (QED) is 0.212. The van der Waals surface area contributed by atoms with Crippen molar-refractivity contribution in [1.29, 1.82) is 0 Å². The minimum Gasteiger partial charge on any atom is -0.236 e. The molecule has 0 amide bonds. The normalized spacial score (nSPS) is 10.9. The van der Waals surface area contributed by atoms with Crippen molar-refractivity contribution in [2.24, 2.45) is 0 Å². The third kappa shape index (κ3) is 5.34. The molecule has 0 fully saturated rings. The molecule has 0 aliphatic rings. The van der Waals surface area contributed by atoms with Crippen molar-refractivity contribution in [2.45, 2.75) is 0 Å². The second kappa shape index (κ2) is 11.4. The molecular formula is C38H26N4. The molecule has 7 rings (SSSR count). The van der Waals surface area contributed by atoms with Crippen molar-refractivity contribution < 1.29 is 0 Å². The second-order valence-electron chi connectivity index (χ2n) is 10.1. The average Bonchev–Trinajstić information content (AvgIpc) is 3.09. The Labute approximate surface area is 245 Å². The van der Waals surface area contributed by atoms with Gasteiger partial charge in [0, 0.05) is 47.0 Å². The Kier molecular flexibility index (Phi) is 6.85. The van der Waals surface area contributed by atoms with E-state index >= 15 is 0 Å². The van der Waals surface area contributed by atoms with Gasteiger partial charge in [0.05, 0.1) is 0 Å². The first-order valence-corrected chi connectivity index (χ1v) is 13.9. The topological polar surface area (TPSA) is 51.6 Å². The van der Waals surface area contributed by atoms with Gasteiger partial charge < -0.3 is 0 Å². The van der Waals surface area contributed by atoms with Gasteiger partial charge in [0.1, 0.15) is 0 Å². The molecule has 198 valence electrons. The number of hydrogen-bond donors (Lipinski definition) is 0. The molecule has 0 aliphatic carbocycles. The second-order valence-corrected chi connectivity index (χ2v) is 10.1. The fourth-order valence-corrected chi connectivity index (χ4v) is 4.99. The number of benzene rings is 5. The van der Waals surface area contributed by atoms with E-state index in [-0.39, 0.29) is 0 Å². The molecule has 4 nitrogen and oxygen atoms in total. The summed E-state index contributed by atoms with van der Waals surface area (Å²) in [5.41, 5.74) is 10.8. The van der Waals surface area contributed by atoms with Crippen LogP contribution in [-0.2, 0) is 0 Å². The monoisotopic (exact) mass is 538 g/mol. The molecule has 0 aliphatic heterocycles. The van der Waals surface area contributed by atoms with E-state index < -0.39 is 0 Å². The summed E-state index contributed by atoms with van der Waals surface area (Å²) in [5, 5.41) is 0. The fourth-order valence-electron chi connectivity index (χ4n) is 4.99. The molecule has 0 unspecified atom stereocenters. The predicted molar refractivity (Wildman–Crippen MR) is 170 cm³/mol. The zero-order valence-electron chi connectivity index (χ0n) is 22.8. The van der Waals surface area contributed by atoms with Crippen molar-refractivity contribution in [3.63, 3.8) is 0 Å². The Morgan fingerprint density at radius 3 is 0.762 bits per heavy atom. The highest BCUT2D eigenvalue weighted by molar-refractivity contribution is 5.72. The van der Waals surface area contributed by atoms with Gasteiger partial charge in [0.15, 0.2) is 11.6 Å². The van der Waals surface area contributed by atoms with Crippen LogP contribution in [0.25, 0.3) is 67.3 Å². The van der Waals surface area contributed by atoms with E-state index in [1.54, 1.807) is 0 Å². The molecule has 4 heteroatoms. The smallest absolute Gasteiger partial charge is 0.159 e. The van der Waals surface area contributed by atoms with Crippen LogP contribution in [0.1, 0.15) is 0 Å². The molecule has 0 saturated carbocycles.